The van der Waals surface area contributed by atoms with Crippen LogP contribution in [0.5, 0.6) is 5.75 Å². The lowest BCUT2D eigenvalue weighted by Crippen LogP contribution is -2.49. The quantitative estimate of drug-likeness (QED) is 0.247. The van der Waals surface area contributed by atoms with Crippen LogP contribution in [0.1, 0.15) is 24.2 Å². The van der Waals surface area contributed by atoms with Crippen LogP contribution in [0.15, 0.2) is 36.4 Å². The van der Waals surface area contributed by atoms with Gasteiger partial charge in [0.2, 0.25) is 5.91 Å². The van der Waals surface area contributed by atoms with Crippen molar-refractivity contribution < 1.29 is 14.3 Å². The van der Waals surface area contributed by atoms with Crippen molar-refractivity contribution in [1.29, 1.82) is 0 Å². The Hall–Kier alpha value is -3.26. The fraction of sp³-hybridized carbons (Fsp3) is 0.222. The summed E-state index contributed by atoms with van der Waals surface area (Å²) in [4.78, 5) is 24.6. The van der Waals surface area contributed by atoms with Crippen molar-refractivity contribution in [2.45, 2.75) is 18.5 Å². The topological polar surface area (TPSA) is 118 Å². The first kappa shape index (κ1) is 16.2. The van der Waals surface area contributed by atoms with Gasteiger partial charge in [0.15, 0.2) is 5.41 Å². The molecule has 2 amide bonds. The van der Waals surface area contributed by atoms with Gasteiger partial charge < -0.3 is 20.7 Å². The third-order valence-corrected chi connectivity index (χ3v) is 5.03. The second kappa shape index (κ2) is 5.63. The molecule has 0 saturated heterocycles. The van der Waals surface area contributed by atoms with Gasteiger partial charge in [-0.25, -0.2) is 5.84 Å². The van der Waals surface area contributed by atoms with Gasteiger partial charge in [-0.1, -0.05) is 12.1 Å². The lowest BCUT2D eigenvalue weighted by molar-refractivity contribution is -0.133. The monoisotopic (exact) mass is 353 g/mol. The molecule has 4 rings (SSSR count). The van der Waals surface area contributed by atoms with Gasteiger partial charge in [-0.2, -0.15) is 0 Å². The first-order valence-corrected chi connectivity index (χ1v) is 8.15. The van der Waals surface area contributed by atoms with Gasteiger partial charge in [-0.15, -0.1) is 0 Å². The molecule has 2 aromatic carbocycles. The van der Waals surface area contributed by atoms with Crippen molar-refractivity contribution in [1.82, 2.24) is 5.43 Å². The Kier molecular flexibility index (Phi) is 3.52. The summed E-state index contributed by atoms with van der Waals surface area (Å²) in [5.41, 5.74) is 4.62. The van der Waals surface area contributed by atoms with E-state index in [1.54, 1.807) is 14.0 Å². The number of hydrogen-bond donors (Lipinski definition) is 5. The Morgan fingerprint density at radius 3 is 2.42 bits per heavy atom. The highest BCUT2D eigenvalue weighted by molar-refractivity contribution is 6.20. The molecule has 8 heteroatoms. The molecule has 8 nitrogen and oxygen atoms in total. The molecule has 6 N–H and O–H groups in total. The molecule has 0 aliphatic carbocycles. The molecule has 2 unspecified atom stereocenters. The molecule has 2 heterocycles. The van der Waals surface area contributed by atoms with Crippen LogP contribution in [0.2, 0.25) is 0 Å². The van der Waals surface area contributed by atoms with E-state index in [2.05, 4.69) is 21.4 Å². The minimum Gasteiger partial charge on any atom is -0.497 e. The Morgan fingerprint density at radius 1 is 1.15 bits per heavy atom. The third kappa shape index (κ3) is 2.19. The van der Waals surface area contributed by atoms with Crippen molar-refractivity contribution >= 4 is 28.9 Å². The molecule has 26 heavy (non-hydrogen) atoms. The third-order valence-electron chi connectivity index (χ3n) is 5.03. The Balaban J connectivity index is 1.67. The van der Waals surface area contributed by atoms with Crippen LogP contribution in [0, 0.1) is 0 Å². The van der Waals surface area contributed by atoms with Crippen molar-refractivity contribution in [2.75, 3.05) is 23.1 Å². The number of hydrazine groups is 1. The molecule has 0 spiro atoms. The second-order valence-corrected chi connectivity index (χ2v) is 6.49. The average molecular weight is 353 g/mol. The van der Waals surface area contributed by atoms with Gasteiger partial charge in [0.1, 0.15) is 11.9 Å². The van der Waals surface area contributed by atoms with E-state index in [4.69, 9.17) is 10.6 Å². The highest BCUT2D eigenvalue weighted by atomic mass is 16.5. The predicted octanol–water partition coefficient (Wildman–Crippen LogP) is 1.43. The maximum atomic E-state index is 12.3. The standard InChI is InChI=1S/C18H19N5O3/c1-18(17(25)23-19)11-7-13-14(8-12(11)22-16(18)24)21-15(20-13)9-3-5-10(26-2)6-4-9/h3-8,15,20-21H,19H2,1-2H3,(H,22,24)(H,23,25). The Bertz CT molecular complexity index is 912. The number of fused-ring (bicyclic) bond motifs is 2. The summed E-state index contributed by atoms with van der Waals surface area (Å²) in [6.07, 6.45) is -0.122. The number of anilines is 3. The molecule has 2 atom stereocenters. The smallest absolute Gasteiger partial charge is 0.253 e. The number of amides is 2. The SMILES string of the molecule is COc1ccc(C2Nc3cc4c(cc3N2)C(C)(C(=O)NN)C(=O)N4)cc1. The number of benzene rings is 2. The largest absolute Gasteiger partial charge is 0.497 e. The van der Waals surface area contributed by atoms with Crippen LogP contribution in [-0.4, -0.2) is 18.9 Å². The summed E-state index contributed by atoms with van der Waals surface area (Å²) in [5.74, 6) is 5.11. The number of carbonyl (C=O) groups is 2. The van der Waals surface area contributed by atoms with Gasteiger partial charge in [0.05, 0.1) is 18.5 Å². The first-order valence-electron chi connectivity index (χ1n) is 8.15. The Labute approximate surface area is 150 Å². The van der Waals surface area contributed by atoms with Crippen molar-refractivity contribution in [3.05, 3.63) is 47.5 Å². The second-order valence-electron chi connectivity index (χ2n) is 6.49. The van der Waals surface area contributed by atoms with Gasteiger partial charge in [0.25, 0.3) is 5.91 Å². The van der Waals surface area contributed by atoms with E-state index in [9.17, 15) is 9.59 Å². The number of nitrogens with one attached hydrogen (secondary N) is 4. The van der Waals surface area contributed by atoms with E-state index in [0.29, 0.717) is 11.3 Å². The highest BCUT2D eigenvalue weighted by Crippen LogP contribution is 2.46. The van der Waals surface area contributed by atoms with Gasteiger partial charge in [-0.05, 0) is 36.8 Å². The zero-order valence-electron chi connectivity index (χ0n) is 14.3. The number of nitrogens with two attached hydrogens (primary N) is 1. The molecule has 2 aromatic rings. The van der Waals surface area contributed by atoms with Crippen LogP contribution < -0.4 is 32.0 Å². The molecular weight excluding hydrogens is 334 g/mol. The van der Waals surface area contributed by atoms with E-state index >= 15 is 0 Å². The van der Waals surface area contributed by atoms with Gasteiger partial charge in [-0.3, -0.25) is 15.0 Å². The molecule has 0 saturated carbocycles. The number of methoxy groups -OCH3 is 1. The van der Waals surface area contributed by atoms with E-state index in [-0.39, 0.29) is 6.17 Å². The molecule has 0 radical (unpaired) electrons. The minimum absolute atomic E-state index is 0.122. The number of ether oxygens (including phenoxy) is 1. The van der Waals surface area contributed by atoms with Crippen molar-refractivity contribution in [2.24, 2.45) is 5.84 Å². The van der Waals surface area contributed by atoms with E-state index in [0.717, 1.165) is 22.7 Å². The molecule has 0 fully saturated rings. The molecule has 2 aliphatic rings. The lowest BCUT2D eigenvalue weighted by Gasteiger charge is -2.20. The van der Waals surface area contributed by atoms with Crippen LogP contribution in [0.3, 0.4) is 0 Å². The first-order chi connectivity index (χ1) is 12.5. The van der Waals surface area contributed by atoms with Crippen LogP contribution in [0.4, 0.5) is 17.1 Å². The number of carbonyl (C=O) groups excluding carboxylic acids is 2. The zero-order chi connectivity index (χ0) is 18.5. The van der Waals surface area contributed by atoms with E-state index < -0.39 is 17.2 Å². The van der Waals surface area contributed by atoms with E-state index in [1.807, 2.05) is 36.4 Å². The zero-order valence-corrected chi connectivity index (χ0v) is 14.3. The van der Waals surface area contributed by atoms with Crippen LogP contribution >= 0.6 is 0 Å². The fourth-order valence-corrected chi connectivity index (χ4v) is 3.41. The average Bonchev–Trinajstić information content (AvgIpc) is 3.18. The molecule has 0 aromatic heterocycles. The maximum Gasteiger partial charge on any atom is 0.253 e. The molecule has 0 bridgehead atoms. The predicted molar refractivity (Wildman–Crippen MR) is 97.7 cm³/mol. The lowest BCUT2D eigenvalue weighted by atomic mass is 9.82. The summed E-state index contributed by atoms with van der Waals surface area (Å²) in [6.45, 7) is 1.56. The summed E-state index contributed by atoms with van der Waals surface area (Å²) < 4.78 is 5.18. The Morgan fingerprint density at radius 2 is 1.81 bits per heavy atom. The summed E-state index contributed by atoms with van der Waals surface area (Å²) in [6, 6.07) is 11.4. The van der Waals surface area contributed by atoms with Crippen LogP contribution in [-0.2, 0) is 15.0 Å². The fourth-order valence-electron chi connectivity index (χ4n) is 3.41. The highest BCUT2D eigenvalue weighted by Gasteiger charge is 2.49. The summed E-state index contributed by atoms with van der Waals surface area (Å²) >= 11 is 0. The van der Waals surface area contributed by atoms with E-state index in [1.165, 1.54) is 0 Å². The van der Waals surface area contributed by atoms with Gasteiger partial charge in [0, 0.05) is 11.3 Å². The summed E-state index contributed by atoms with van der Waals surface area (Å²) in [5, 5.41) is 9.51. The normalized spacial score (nSPS) is 22.6. The summed E-state index contributed by atoms with van der Waals surface area (Å²) in [7, 11) is 1.63. The number of rotatable bonds is 3. The number of hydrogen-bond acceptors (Lipinski definition) is 6. The maximum absolute atomic E-state index is 12.3. The molecule has 2 aliphatic heterocycles. The molecular formula is C18H19N5O3. The minimum atomic E-state index is -1.36. The van der Waals surface area contributed by atoms with Gasteiger partial charge >= 0.3 is 0 Å². The van der Waals surface area contributed by atoms with Crippen molar-refractivity contribution in [3.8, 4) is 5.75 Å². The van der Waals surface area contributed by atoms with Crippen molar-refractivity contribution in [3.63, 3.8) is 0 Å². The van der Waals surface area contributed by atoms with Crippen LogP contribution in [0.25, 0.3) is 0 Å². The molecule has 134 valence electrons.